The van der Waals surface area contributed by atoms with Gasteiger partial charge < -0.3 is 0 Å². The van der Waals surface area contributed by atoms with E-state index in [1.54, 1.807) is 12.1 Å². The minimum absolute atomic E-state index is 0.0220. The number of rotatable bonds is 5. The van der Waals surface area contributed by atoms with Gasteiger partial charge in [0.2, 0.25) is 0 Å². The van der Waals surface area contributed by atoms with Gasteiger partial charge >= 0.3 is 289 Å². The Morgan fingerprint density at radius 1 is 0.596 bits per heavy atom. The minimum atomic E-state index is -3.37. The molecule has 0 N–H and O–H groups in total. The van der Waals surface area contributed by atoms with Crippen LogP contribution in [0.15, 0.2) is 137 Å². The molecule has 2 heteroatoms. The molecular formula is C45H43FHf. The van der Waals surface area contributed by atoms with Crippen LogP contribution in [0.25, 0.3) is 16.7 Å². The molecule has 0 aliphatic heterocycles. The standard InChI is InChI=1S/C21H25.C13H10.C11H8F.Hf/c1-20(2,3)16-7-9-18-14(12-16)11-15-13-17(21(4,5)6)8-10-19(15)18;1-3-7-12(8-4-1)11-13-9-5-2-6-10-13;12-11-8-4-3-7-10(11)9-5-1-2-6-9;/h7-13H,1-6H3;1-10H;1,3-5,7-8H,2H2;. The van der Waals surface area contributed by atoms with E-state index in [0.29, 0.717) is 0 Å². The van der Waals surface area contributed by atoms with Gasteiger partial charge in [0.1, 0.15) is 0 Å². The summed E-state index contributed by atoms with van der Waals surface area (Å²) >= 11 is -3.37. The molecule has 7 rings (SSSR count). The Morgan fingerprint density at radius 3 is 1.57 bits per heavy atom. The van der Waals surface area contributed by atoms with Crippen LogP contribution >= 0.6 is 0 Å². The van der Waals surface area contributed by atoms with Crippen molar-refractivity contribution in [1.29, 1.82) is 0 Å². The zero-order valence-electron chi connectivity index (χ0n) is 28.4. The molecule has 2 aliphatic carbocycles. The normalized spacial score (nSPS) is 14.4. The number of hydrogen-bond acceptors (Lipinski definition) is 0. The van der Waals surface area contributed by atoms with E-state index in [-0.39, 0.29) is 20.3 Å². The summed E-state index contributed by atoms with van der Waals surface area (Å²) in [5.41, 5.74) is 12.8. The third-order valence-electron chi connectivity index (χ3n) is 9.85. The first kappa shape index (κ1) is 31.8. The number of benzene rings is 5. The van der Waals surface area contributed by atoms with Gasteiger partial charge in [0.05, 0.1) is 0 Å². The van der Waals surface area contributed by atoms with Crippen LogP contribution in [0.5, 0.6) is 0 Å². The van der Waals surface area contributed by atoms with Gasteiger partial charge in [-0.05, 0) is 0 Å². The Kier molecular flexibility index (Phi) is 8.37. The molecule has 0 radical (unpaired) electrons. The summed E-state index contributed by atoms with van der Waals surface area (Å²) in [5.74, 6) is -0.143. The topological polar surface area (TPSA) is 0 Å². The van der Waals surface area contributed by atoms with E-state index >= 15 is 4.39 Å². The van der Waals surface area contributed by atoms with Crippen molar-refractivity contribution in [2.24, 2.45) is 0 Å². The average Bonchev–Trinajstić information content (AvgIpc) is 3.66. The third kappa shape index (κ3) is 5.95. The molecule has 5 aromatic carbocycles. The first-order valence-electron chi connectivity index (χ1n) is 16.8. The van der Waals surface area contributed by atoms with Crippen molar-refractivity contribution in [3.8, 4) is 11.1 Å². The van der Waals surface area contributed by atoms with Crippen LogP contribution in [-0.2, 0) is 31.8 Å². The maximum atomic E-state index is 15.7. The Labute approximate surface area is 287 Å². The van der Waals surface area contributed by atoms with E-state index in [0.717, 1.165) is 17.6 Å². The second-order valence-electron chi connectivity index (χ2n) is 15.0. The molecule has 0 aromatic heterocycles. The Bertz CT molecular complexity index is 1960. The zero-order valence-corrected chi connectivity index (χ0v) is 32.0. The maximum absolute atomic E-state index is 15.7. The SMILES string of the molecule is CC(C)(C)c1ccc2c(c1)[CH]([Hf]([C]1=C(c3ccccc3F)C=CC1)=[C](c1ccccc1)c1ccccc1)c1cc(C(C)(C)C)ccc1-2. The first-order chi connectivity index (χ1) is 22.5. The third-order valence-corrected chi connectivity index (χ3v) is 22.2. The van der Waals surface area contributed by atoms with E-state index in [2.05, 4.69) is 151 Å². The molecule has 2 aliphatic rings. The van der Waals surface area contributed by atoms with Crippen LogP contribution in [0.1, 0.15) is 90.6 Å². The summed E-state index contributed by atoms with van der Waals surface area (Å²) in [4.78, 5) is 0. The van der Waals surface area contributed by atoms with Gasteiger partial charge in [-0.15, -0.1) is 0 Å². The van der Waals surface area contributed by atoms with Gasteiger partial charge in [0, 0.05) is 0 Å². The van der Waals surface area contributed by atoms with Gasteiger partial charge in [-0.25, -0.2) is 0 Å². The van der Waals surface area contributed by atoms with Crippen LogP contribution in [0.3, 0.4) is 0 Å². The molecule has 0 saturated heterocycles. The Hall–Kier alpha value is -3.75. The van der Waals surface area contributed by atoms with Crippen molar-refractivity contribution in [3.63, 3.8) is 0 Å². The number of allylic oxidation sites excluding steroid dienone is 4. The van der Waals surface area contributed by atoms with E-state index in [4.69, 9.17) is 0 Å². The molecular weight excluding hydrogens is 738 g/mol. The molecule has 0 unspecified atom stereocenters. The van der Waals surface area contributed by atoms with E-state index in [1.165, 1.54) is 51.1 Å². The van der Waals surface area contributed by atoms with Gasteiger partial charge in [0.25, 0.3) is 0 Å². The van der Waals surface area contributed by atoms with Crippen molar-refractivity contribution >= 4 is 8.83 Å². The second-order valence-corrected chi connectivity index (χ2v) is 24.0. The van der Waals surface area contributed by atoms with Crippen molar-refractivity contribution in [2.45, 2.75) is 62.5 Å². The summed E-state index contributed by atoms with van der Waals surface area (Å²) in [6, 6.07) is 44.0. The molecule has 0 heterocycles. The molecule has 234 valence electrons. The quantitative estimate of drug-likeness (QED) is 0.156. The Morgan fingerprint density at radius 2 is 1.09 bits per heavy atom. The van der Waals surface area contributed by atoms with E-state index in [9.17, 15) is 0 Å². The van der Waals surface area contributed by atoms with Crippen molar-refractivity contribution < 1.29 is 25.3 Å². The van der Waals surface area contributed by atoms with Gasteiger partial charge in [-0.3, -0.25) is 0 Å². The summed E-state index contributed by atoms with van der Waals surface area (Å²) in [6.45, 7) is 13.9. The molecule has 0 saturated carbocycles. The summed E-state index contributed by atoms with van der Waals surface area (Å²) < 4.78 is 18.9. The molecule has 5 aromatic rings. The van der Waals surface area contributed by atoms with Crippen LogP contribution in [0.4, 0.5) is 4.39 Å². The summed E-state index contributed by atoms with van der Waals surface area (Å²) in [6.07, 6.45) is 5.36. The van der Waals surface area contributed by atoms with Gasteiger partial charge in [-0.1, -0.05) is 0 Å². The molecule has 0 spiro atoms. The van der Waals surface area contributed by atoms with Gasteiger partial charge in [0.15, 0.2) is 0 Å². The van der Waals surface area contributed by atoms with Crippen LogP contribution in [0.2, 0.25) is 0 Å². The van der Waals surface area contributed by atoms with Crippen molar-refractivity contribution in [1.82, 2.24) is 0 Å². The molecule has 0 bridgehead atoms. The monoisotopic (exact) mass is 782 g/mol. The predicted octanol–water partition coefficient (Wildman–Crippen LogP) is 11.7. The average molecular weight is 781 g/mol. The first-order valence-corrected chi connectivity index (χ1v) is 22.5. The van der Waals surface area contributed by atoms with Crippen LogP contribution in [0, 0.1) is 5.82 Å². The second kappa shape index (κ2) is 12.4. The molecule has 0 amide bonds. The zero-order chi connectivity index (χ0) is 32.9. The Balaban J connectivity index is 1.66. The predicted molar refractivity (Wildman–Crippen MR) is 194 cm³/mol. The fraction of sp³-hybridized carbons (Fsp3) is 0.222. The molecule has 47 heavy (non-hydrogen) atoms. The number of hydrogen-bond donors (Lipinski definition) is 0. The van der Waals surface area contributed by atoms with Crippen LogP contribution in [-0.4, -0.2) is 3.26 Å². The van der Waals surface area contributed by atoms with Gasteiger partial charge in [-0.2, -0.15) is 0 Å². The summed E-state index contributed by atoms with van der Waals surface area (Å²) in [5, 5.41) is 0. The van der Waals surface area contributed by atoms with Crippen molar-refractivity contribution in [3.05, 3.63) is 182 Å². The van der Waals surface area contributed by atoms with E-state index in [1.807, 2.05) is 12.1 Å². The number of halogens is 1. The fourth-order valence-corrected chi connectivity index (χ4v) is 21.1. The van der Waals surface area contributed by atoms with E-state index < -0.39 is 21.0 Å². The molecule has 0 fully saturated rings. The summed E-state index contributed by atoms with van der Waals surface area (Å²) in [7, 11) is 0. The van der Waals surface area contributed by atoms with Crippen molar-refractivity contribution in [2.75, 3.05) is 0 Å². The fourth-order valence-electron chi connectivity index (χ4n) is 7.35. The van der Waals surface area contributed by atoms with Crippen LogP contribution < -0.4 is 0 Å². The molecule has 0 atom stereocenters. The number of fused-ring (bicyclic) bond motifs is 3. The molecule has 0 nitrogen and oxygen atoms in total.